The molecule has 0 saturated carbocycles. The lowest BCUT2D eigenvalue weighted by molar-refractivity contribution is -0.0552. The minimum atomic E-state index is -0.326. The van der Waals surface area contributed by atoms with Crippen LogP contribution in [0.4, 0.5) is 0 Å². The van der Waals surface area contributed by atoms with E-state index in [0.717, 1.165) is 0 Å². The number of hydrogen-bond acceptors (Lipinski definition) is 4. The molecule has 1 saturated heterocycles. The van der Waals surface area contributed by atoms with E-state index in [4.69, 9.17) is 9.47 Å². The fraction of sp³-hybridized carbons (Fsp3) is 0.714. The Morgan fingerprint density at radius 3 is 2.85 bits per heavy atom. The summed E-state index contributed by atoms with van der Waals surface area (Å²) in [5.74, 6) is 0. The molecule has 72 valence electrons. The van der Waals surface area contributed by atoms with Gasteiger partial charge < -0.3 is 9.47 Å². The monoisotopic (exact) mass is 185 g/mol. The summed E-state index contributed by atoms with van der Waals surface area (Å²) in [6.07, 6.45) is 1.14. The normalized spacial score (nSPS) is 18.2. The second kappa shape index (κ2) is 3.31. The van der Waals surface area contributed by atoms with E-state index in [1.807, 2.05) is 0 Å². The van der Waals surface area contributed by atoms with Crippen molar-refractivity contribution >= 4 is 0 Å². The van der Waals surface area contributed by atoms with Crippen LogP contribution in [-0.4, -0.2) is 33.9 Å². The Balaban J connectivity index is 2.09. The Morgan fingerprint density at radius 1 is 1.62 bits per heavy atom. The van der Waals surface area contributed by atoms with Crippen molar-refractivity contribution < 1.29 is 9.47 Å². The topological polar surface area (TPSA) is 58.3 Å². The predicted octanol–water partition coefficient (Wildman–Crippen LogP) is -1.05. The van der Waals surface area contributed by atoms with Crippen LogP contribution in [0.3, 0.4) is 0 Å². The first-order valence-electron chi connectivity index (χ1n) is 4.09. The SMILES string of the molecule is Cn1cnn(CC2OCCO2)c1=O. The molecule has 1 aliphatic heterocycles. The molecule has 1 fully saturated rings. The molecule has 0 spiro atoms. The lowest BCUT2D eigenvalue weighted by atomic mass is 10.6. The van der Waals surface area contributed by atoms with E-state index in [-0.39, 0.29) is 12.0 Å². The van der Waals surface area contributed by atoms with Crippen LogP contribution in [-0.2, 0) is 23.1 Å². The van der Waals surface area contributed by atoms with E-state index in [0.29, 0.717) is 19.8 Å². The van der Waals surface area contributed by atoms with Gasteiger partial charge in [-0.1, -0.05) is 0 Å². The van der Waals surface area contributed by atoms with Gasteiger partial charge in [0.2, 0.25) is 0 Å². The number of rotatable bonds is 2. The van der Waals surface area contributed by atoms with Crippen LogP contribution in [0.15, 0.2) is 11.1 Å². The lowest BCUT2D eigenvalue weighted by Crippen LogP contribution is -2.28. The second-order valence-corrected chi connectivity index (χ2v) is 2.88. The molecule has 1 aromatic rings. The molecule has 0 N–H and O–H groups in total. The summed E-state index contributed by atoms with van der Waals surface area (Å²) in [5, 5.41) is 3.89. The van der Waals surface area contributed by atoms with E-state index >= 15 is 0 Å². The molecule has 6 heteroatoms. The average molecular weight is 185 g/mol. The molecule has 0 unspecified atom stereocenters. The highest BCUT2D eigenvalue weighted by molar-refractivity contribution is 4.66. The van der Waals surface area contributed by atoms with Gasteiger partial charge in [0, 0.05) is 7.05 Å². The van der Waals surface area contributed by atoms with Gasteiger partial charge in [0.25, 0.3) is 0 Å². The van der Waals surface area contributed by atoms with Gasteiger partial charge in [-0.3, -0.25) is 4.57 Å². The minimum Gasteiger partial charge on any atom is -0.348 e. The maximum atomic E-state index is 11.3. The summed E-state index contributed by atoms with van der Waals surface area (Å²) in [6.45, 7) is 1.54. The van der Waals surface area contributed by atoms with Crippen LogP contribution in [0.1, 0.15) is 0 Å². The van der Waals surface area contributed by atoms with Crippen molar-refractivity contribution in [2.75, 3.05) is 13.2 Å². The van der Waals surface area contributed by atoms with E-state index in [1.165, 1.54) is 15.6 Å². The van der Waals surface area contributed by atoms with Gasteiger partial charge in [0.15, 0.2) is 6.29 Å². The molecule has 2 rings (SSSR count). The number of aryl methyl sites for hydroxylation is 1. The molecule has 1 aliphatic rings. The summed E-state index contributed by atoms with van der Waals surface area (Å²) < 4.78 is 13.1. The molecule has 1 aromatic heterocycles. The molecular weight excluding hydrogens is 174 g/mol. The third kappa shape index (κ3) is 1.63. The summed E-state index contributed by atoms with van der Waals surface area (Å²) in [5.41, 5.74) is -0.154. The smallest absolute Gasteiger partial charge is 0.345 e. The lowest BCUT2D eigenvalue weighted by Gasteiger charge is -2.06. The van der Waals surface area contributed by atoms with Gasteiger partial charge in [0.05, 0.1) is 19.8 Å². The first-order valence-corrected chi connectivity index (χ1v) is 4.09. The average Bonchev–Trinajstić information content (AvgIpc) is 2.71. The highest BCUT2D eigenvalue weighted by Crippen LogP contribution is 2.04. The van der Waals surface area contributed by atoms with Crippen LogP contribution in [0.2, 0.25) is 0 Å². The standard InChI is InChI=1S/C7H11N3O3/c1-9-5-8-10(7(9)11)4-6-12-2-3-13-6/h5-6H,2-4H2,1H3. The fourth-order valence-electron chi connectivity index (χ4n) is 1.20. The zero-order valence-electron chi connectivity index (χ0n) is 7.34. The molecule has 13 heavy (non-hydrogen) atoms. The molecule has 0 atom stereocenters. The highest BCUT2D eigenvalue weighted by Gasteiger charge is 2.17. The van der Waals surface area contributed by atoms with Crippen molar-refractivity contribution in [1.29, 1.82) is 0 Å². The molecule has 0 radical (unpaired) electrons. The fourth-order valence-corrected chi connectivity index (χ4v) is 1.20. The quantitative estimate of drug-likeness (QED) is 0.590. The van der Waals surface area contributed by atoms with E-state index in [2.05, 4.69) is 5.10 Å². The van der Waals surface area contributed by atoms with E-state index < -0.39 is 0 Å². The third-order valence-electron chi connectivity index (χ3n) is 1.90. The largest absolute Gasteiger partial charge is 0.348 e. The summed E-state index contributed by atoms with van der Waals surface area (Å²) in [6, 6.07) is 0. The zero-order chi connectivity index (χ0) is 9.26. The van der Waals surface area contributed by atoms with Gasteiger partial charge in [-0.2, -0.15) is 5.10 Å². The van der Waals surface area contributed by atoms with Crippen molar-refractivity contribution in [3.05, 3.63) is 16.8 Å². The molecule has 0 aromatic carbocycles. The predicted molar refractivity (Wildman–Crippen MR) is 43.2 cm³/mol. The van der Waals surface area contributed by atoms with Crippen LogP contribution in [0, 0.1) is 0 Å². The van der Waals surface area contributed by atoms with Gasteiger partial charge in [-0.15, -0.1) is 0 Å². The van der Waals surface area contributed by atoms with Crippen molar-refractivity contribution in [3.8, 4) is 0 Å². The molecular formula is C7H11N3O3. The maximum Gasteiger partial charge on any atom is 0.345 e. The number of ether oxygens (including phenoxy) is 2. The number of hydrogen-bond donors (Lipinski definition) is 0. The van der Waals surface area contributed by atoms with Crippen molar-refractivity contribution in [2.45, 2.75) is 12.8 Å². The molecule has 0 amide bonds. The van der Waals surface area contributed by atoms with Crippen molar-refractivity contribution in [2.24, 2.45) is 7.05 Å². The number of nitrogens with zero attached hydrogens (tertiary/aromatic N) is 3. The molecule has 0 aliphatic carbocycles. The van der Waals surface area contributed by atoms with Gasteiger partial charge >= 0.3 is 5.69 Å². The first-order chi connectivity index (χ1) is 6.27. The third-order valence-corrected chi connectivity index (χ3v) is 1.90. The van der Waals surface area contributed by atoms with Crippen LogP contribution >= 0.6 is 0 Å². The summed E-state index contributed by atoms with van der Waals surface area (Å²) in [7, 11) is 1.65. The Hall–Kier alpha value is -1.14. The van der Waals surface area contributed by atoms with E-state index in [9.17, 15) is 4.79 Å². The second-order valence-electron chi connectivity index (χ2n) is 2.88. The highest BCUT2D eigenvalue weighted by atomic mass is 16.7. The van der Waals surface area contributed by atoms with Gasteiger partial charge in [-0.25, -0.2) is 9.48 Å². The summed E-state index contributed by atoms with van der Waals surface area (Å²) in [4.78, 5) is 11.3. The van der Waals surface area contributed by atoms with Gasteiger partial charge in [-0.05, 0) is 0 Å². The van der Waals surface area contributed by atoms with E-state index in [1.54, 1.807) is 7.05 Å². The Bertz CT molecular complexity index is 337. The van der Waals surface area contributed by atoms with Crippen LogP contribution in [0.5, 0.6) is 0 Å². The Labute approximate surface area is 74.7 Å². The Morgan fingerprint density at radius 2 is 2.31 bits per heavy atom. The van der Waals surface area contributed by atoms with Crippen molar-refractivity contribution in [1.82, 2.24) is 14.3 Å². The first kappa shape index (κ1) is 8.46. The maximum absolute atomic E-state index is 11.3. The van der Waals surface area contributed by atoms with Crippen LogP contribution < -0.4 is 5.69 Å². The zero-order valence-corrected chi connectivity index (χ0v) is 7.34. The Kier molecular flexibility index (Phi) is 2.15. The van der Waals surface area contributed by atoms with Gasteiger partial charge in [0.1, 0.15) is 6.33 Å². The molecule has 6 nitrogen and oxygen atoms in total. The van der Waals surface area contributed by atoms with Crippen molar-refractivity contribution in [3.63, 3.8) is 0 Å². The summed E-state index contributed by atoms with van der Waals surface area (Å²) >= 11 is 0. The van der Waals surface area contributed by atoms with Crippen LogP contribution in [0.25, 0.3) is 0 Å². The molecule has 2 heterocycles. The number of aromatic nitrogens is 3. The minimum absolute atomic E-state index is 0.154. The molecule has 0 bridgehead atoms.